The number of furan rings is 1. The van der Waals surface area contributed by atoms with E-state index in [-0.39, 0.29) is 10.8 Å². The first-order valence-corrected chi connectivity index (χ1v) is 20.9. The molecule has 12 rings (SSSR count). The van der Waals surface area contributed by atoms with Crippen molar-refractivity contribution in [3.05, 3.63) is 246 Å². The summed E-state index contributed by atoms with van der Waals surface area (Å²) in [6.07, 6.45) is 0. The van der Waals surface area contributed by atoms with Crippen molar-refractivity contribution >= 4 is 39.0 Å². The third-order valence-electron chi connectivity index (χ3n) is 13.6. The van der Waals surface area contributed by atoms with Gasteiger partial charge in [-0.2, -0.15) is 0 Å². The Labute approximate surface area is 350 Å². The number of hydrogen-bond donors (Lipinski definition) is 0. The van der Waals surface area contributed by atoms with E-state index in [1.807, 2.05) is 12.1 Å². The summed E-state index contributed by atoms with van der Waals surface area (Å²) in [5.41, 5.74) is 19.9. The first kappa shape index (κ1) is 34.6. The molecule has 2 aliphatic carbocycles. The Kier molecular flexibility index (Phi) is 7.52. The number of benzene rings is 9. The minimum atomic E-state index is -0.326. The minimum absolute atomic E-state index is 0.281. The molecule has 0 fully saturated rings. The third-order valence-corrected chi connectivity index (χ3v) is 13.6. The fourth-order valence-electron chi connectivity index (χ4n) is 10.7. The van der Waals surface area contributed by atoms with Crippen LogP contribution in [0.4, 0.5) is 17.1 Å². The van der Waals surface area contributed by atoms with Gasteiger partial charge < -0.3 is 9.32 Å². The van der Waals surface area contributed by atoms with Gasteiger partial charge in [0, 0.05) is 38.5 Å². The molecule has 2 heteroatoms. The molecule has 9 aromatic carbocycles. The fraction of sp³-hybridized carbons (Fsp3) is 0.0690. The van der Waals surface area contributed by atoms with Gasteiger partial charge in [-0.25, -0.2) is 0 Å². The van der Waals surface area contributed by atoms with Crippen LogP contribution in [0.15, 0.2) is 217 Å². The zero-order valence-corrected chi connectivity index (χ0v) is 33.6. The summed E-state index contributed by atoms with van der Waals surface area (Å²) < 4.78 is 6.24. The molecule has 0 saturated heterocycles. The highest BCUT2D eigenvalue weighted by molar-refractivity contribution is 6.06. The van der Waals surface area contributed by atoms with E-state index in [1.165, 1.54) is 55.6 Å². The topological polar surface area (TPSA) is 16.4 Å². The molecule has 0 radical (unpaired) electrons. The van der Waals surface area contributed by atoms with Crippen molar-refractivity contribution < 1.29 is 4.42 Å². The lowest BCUT2D eigenvalue weighted by Crippen LogP contribution is -2.22. The molecule has 0 amide bonds. The maximum Gasteiger partial charge on any atom is 0.135 e. The summed E-state index contributed by atoms with van der Waals surface area (Å²) in [6.45, 7) is 4.79. The molecule has 0 N–H and O–H groups in total. The smallest absolute Gasteiger partial charge is 0.135 e. The average Bonchev–Trinajstić information content (AvgIpc) is 3.91. The Morgan fingerprint density at radius 2 is 0.933 bits per heavy atom. The summed E-state index contributed by atoms with van der Waals surface area (Å²) in [4.78, 5) is 2.50. The molecule has 0 spiro atoms. The Morgan fingerprint density at radius 3 is 1.72 bits per heavy atom. The average molecular weight is 768 g/mol. The van der Waals surface area contributed by atoms with E-state index < -0.39 is 0 Å². The number of anilines is 3. The van der Waals surface area contributed by atoms with Crippen molar-refractivity contribution in [2.45, 2.75) is 24.7 Å². The van der Waals surface area contributed by atoms with Crippen LogP contribution in [0.3, 0.4) is 0 Å². The van der Waals surface area contributed by atoms with E-state index in [0.717, 1.165) is 50.1 Å². The summed E-state index contributed by atoms with van der Waals surface area (Å²) >= 11 is 0. The molecular weight excluding hydrogens is 727 g/mol. The van der Waals surface area contributed by atoms with Gasteiger partial charge in [-0.05, 0) is 124 Å². The van der Waals surface area contributed by atoms with Crippen LogP contribution in [0.5, 0.6) is 0 Å². The van der Waals surface area contributed by atoms with Gasteiger partial charge in [0.05, 0.1) is 5.69 Å². The second-order valence-corrected chi connectivity index (χ2v) is 16.7. The normalized spacial score (nSPS) is 17.3. The molecule has 1 aromatic heterocycles. The number of para-hydroxylation sites is 1. The molecule has 2 nitrogen and oxygen atoms in total. The monoisotopic (exact) mass is 767 g/mol. The van der Waals surface area contributed by atoms with Gasteiger partial charge in [0.25, 0.3) is 0 Å². The van der Waals surface area contributed by atoms with Crippen LogP contribution >= 0.6 is 0 Å². The molecule has 0 saturated carbocycles. The van der Waals surface area contributed by atoms with E-state index in [9.17, 15) is 0 Å². The Morgan fingerprint density at radius 1 is 0.367 bits per heavy atom. The number of nitrogens with zero attached hydrogens (tertiary/aromatic N) is 1. The van der Waals surface area contributed by atoms with Crippen molar-refractivity contribution in [1.29, 1.82) is 0 Å². The Hall–Kier alpha value is -7.42. The second-order valence-electron chi connectivity index (χ2n) is 16.7. The highest BCUT2D eigenvalue weighted by Crippen LogP contribution is 2.58. The maximum absolute atomic E-state index is 6.24. The minimum Gasteiger partial charge on any atom is -0.456 e. The predicted octanol–water partition coefficient (Wildman–Crippen LogP) is 15.4. The Bertz CT molecular complexity index is 3310. The quantitative estimate of drug-likeness (QED) is 0.168. The van der Waals surface area contributed by atoms with Crippen LogP contribution in [0.25, 0.3) is 55.3 Å². The van der Waals surface area contributed by atoms with Gasteiger partial charge in [-0.15, -0.1) is 0 Å². The molecule has 2 aliphatic rings. The Balaban J connectivity index is 1.10. The van der Waals surface area contributed by atoms with Crippen molar-refractivity contribution in [3.63, 3.8) is 0 Å². The summed E-state index contributed by atoms with van der Waals surface area (Å²) in [5, 5.41) is 2.26. The summed E-state index contributed by atoms with van der Waals surface area (Å²) in [7, 11) is 0. The zero-order chi connectivity index (χ0) is 40.0. The molecule has 2 unspecified atom stereocenters. The molecule has 1 heterocycles. The molecule has 10 aromatic rings. The van der Waals surface area contributed by atoms with Gasteiger partial charge >= 0.3 is 0 Å². The number of fused-ring (bicyclic) bond motifs is 9. The summed E-state index contributed by atoms with van der Waals surface area (Å²) in [5.74, 6) is 0. The lowest BCUT2D eigenvalue weighted by Gasteiger charge is -2.31. The molecule has 284 valence electrons. The van der Waals surface area contributed by atoms with Crippen LogP contribution < -0.4 is 4.90 Å². The largest absolute Gasteiger partial charge is 0.456 e. The van der Waals surface area contributed by atoms with E-state index >= 15 is 0 Å². The zero-order valence-electron chi connectivity index (χ0n) is 33.6. The highest BCUT2D eigenvalue weighted by atomic mass is 16.3. The van der Waals surface area contributed by atoms with Crippen LogP contribution in [0.2, 0.25) is 0 Å². The van der Waals surface area contributed by atoms with Crippen molar-refractivity contribution in [1.82, 2.24) is 0 Å². The first-order chi connectivity index (χ1) is 29.5. The van der Waals surface area contributed by atoms with Gasteiger partial charge in [-0.1, -0.05) is 164 Å². The molecular formula is C58H41NO. The van der Waals surface area contributed by atoms with Gasteiger partial charge in [0.1, 0.15) is 11.2 Å². The second kappa shape index (κ2) is 13.0. The third kappa shape index (κ3) is 4.88. The number of hydrogen-bond acceptors (Lipinski definition) is 2. The van der Waals surface area contributed by atoms with Gasteiger partial charge in [0.15, 0.2) is 0 Å². The maximum atomic E-state index is 6.24. The van der Waals surface area contributed by atoms with Gasteiger partial charge in [-0.3, -0.25) is 0 Å². The predicted molar refractivity (Wildman–Crippen MR) is 249 cm³/mol. The van der Waals surface area contributed by atoms with Crippen LogP contribution in [-0.4, -0.2) is 0 Å². The fourth-order valence-corrected chi connectivity index (χ4v) is 10.7. The molecule has 0 bridgehead atoms. The lowest BCUT2D eigenvalue weighted by molar-refractivity contribution is 0.669. The standard InChI is InChI=1S/C58H41NO/c1-57(40-18-5-3-6-19-40)49-26-12-9-23-44(49)47-37-43(32-33-51(47)57)59(42-22-15-17-38(35-42)39-31-34-55-48(36-39)45-24-11-14-30-54(45)60-55)53-29-16-28-52-56(53)46-25-10-13-27-50(46)58(52,2)41-20-7-4-8-21-41/h3-37H,1-2H3. The number of rotatable bonds is 6. The molecule has 60 heavy (non-hydrogen) atoms. The van der Waals surface area contributed by atoms with E-state index in [1.54, 1.807) is 0 Å². The SMILES string of the molecule is CC1(c2ccccc2)c2ccccc2-c2cc(N(c3cccc(-c4ccc5oc6ccccc6c5c4)c3)c3cccc4c3-c3ccccc3C4(C)c3ccccc3)ccc21. The van der Waals surface area contributed by atoms with Crippen molar-refractivity contribution in [2.24, 2.45) is 0 Å². The van der Waals surface area contributed by atoms with Crippen molar-refractivity contribution in [2.75, 3.05) is 4.90 Å². The van der Waals surface area contributed by atoms with Crippen LogP contribution in [-0.2, 0) is 10.8 Å². The van der Waals surface area contributed by atoms with Crippen molar-refractivity contribution in [3.8, 4) is 33.4 Å². The summed E-state index contributed by atoms with van der Waals surface area (Å²) in [6, 6.07) is 78.0. The van der Waals surface area contributed by atoms with E-state index in [0.29, 0.717) is 0 Å². The van der Waals surface area contributed by atoms with Crippen LogP contribution in [0.1, 0.15) is 47.2 Å². The molecule has 2 atom stereocenters. The lowest BCUT2D eigenvalue weighted by atomic mass is 9.74. The van der Waals surface area contributed by atoms with Gasteiger partial charge in [0.2, 0.25) is 0 Å². The van der Waals surface area contributed by atoms with Crippen LogP contribution in [0, 0.1) is 0 Å². The first-order valence-electron chi connectivity index (χ1n) is 20.9. The highest BCUT2D eigenvalue weighted by Gasteiger charge is 2.43. The van der Waals surface area contributed by atoms with E-state index in [2.05, 4.69) is 219 Å². The molecule has 0 aliphatic heterocycles. The van der Waals surface area contributed by atoms with E-state index in [4.69, 9.17) is 4.42 Å².